The first-order valence-electron chi connectivity index (χ1n) is 7.06. The molecule has 0 amide bonds. The molecule has 0 aliphatic rings. The lowest BCUT2D eigenvalue weighted by Crippen LogP contribution is -2.10. The summed E-state index contributed by atoms with van der Waals surface area (Å²) in [4.78, 5) is 23.3. The molecule has 0 aliphatic carbocycles. The van der Waals surface area contributed by atoms with Crippen molar-refractivity contribution in [2.24, 2.45) is 0 Å². The van der Waals surface area contributed by atoms with Crippen molar-refractivity contribution in [2.75, 3.05) is 13.2 Å². The highest BCUT2D eigenvalue weighted by atomic mass is 16.6. The SMILES string of the molecule is C=C=CC(=O)OCCOc1ccc(C(=O)c2ccccc2)cc1. The smallest absolute Gasteiger partial charge is 0.338 e. The van der Waals surface area contributed by atoms with Gasteiger partial charge in [-0.2, -0.15) is 0 Å². The lowest BCUT2D eigenvalue weighted by atomic mass is 10.0. The van der Waals surface area contributed by atoms with Gasteiger partial charge in [0.2, 0.25) is 0 Å². The van der Waals surface area contributed by atoms with Gasteiger partial charge >= 0.3 is 5.97 Å². The fourth-order valence-electron chi connectivity index (χ4n) is 1.89. The van der Waals surface area contributed by atoms with Crippen LogP contribution in [0.2, 0.25) is 0 Å². The molecule has 2 rings (SSSR count). The third-order valence-corrected chi connectivity index (χ3v) is 2.97. The molecule has 0 bridgehead atoms. The molecule has 23 heavy (non-hydrogen) atoms. The second-order valence-corrected chi connectivity index (χ2v) is 4.58. The number of hydrogen-bond donors (Lipinski definition) is 0. The Morgan fingerprint density at radius 3 is 2.26 bits per heavy atom. The van der Waals surface area contributed by atoms with Gasteiger partial charge in [0, 0.05) is 11.1 Å². The number of rotatable bonds is 7. The van der Waals surface area contributed by atoms with E-state index in [9.17, 15) is 9.59 Å². The standard InChI is InChI=1S/C19H16O4/c1-2-6-18(20)23-14-13-22-17-11-9-16(10-12-17)19(21)15-7-4-3-5-8-15/h3-12H,1,13-14H2. The number of carbonyl (C=O) groups is 2. The Balaban J connectivity index is 1.86. The molecule has 116 valence electrons. The number of hydrogen-bond acceptors (Lipinski definition) is 4. The minimum atomic E-state index is -0.507. The summed E-state index contributed by atoms with van der Waals surface area (Å²) in [7, 11) is 0. The predicted octanol–water partition coefficient (Wildman–Crippen LogP) is 3.18. The third kappa shape index (κ3) is 4.99. The number of esters is 1. The van der Waals surface area contributed by atoms with Crippen molar-refractivity contribution < 1.29 is 19.1 Å². The Hall–Kier alpha value is -3.10. The largest absolute Gasteiger partial charge is 0.490 e. The zero-order valence-corrected chi connectivity index (χ0v) is 12.5. The summed E-state index contributed by atoms with van der Waals surface area (Å²) in [5, 5.41) is 0. The molecule has 2 aromatic rings. The van der Waals surface area contributed by atoms with E-state index in [1.807, 2.05) is 18.2 Å². The van der Waals surface area contributed by atoms with Crippen molar-refractivity contribution in [1.29, 1.82) is 0 Å². The molecule has 0 fully saturated rings. The molecule has 2 aromatic carbocycles. The fourth-order valence-corrected chi connectivity index (χ4v) is 1.89. The van der Waals surface area contributed by atoms with Crippen molar-refractivity contribution in [1.82, 2.24) is 0 Å². The molecule has 0 heterocycles. The van der Waals surface area contributed by atoms with Crippen LogP contribution in [0.15, 0.2) is 73.0 Å². The van der Waals surface area contributed by atoms with Crippen molar-refractivity contribution in [3.63, 3.8) is 0 Å². The van der Waals surface area contributed by atoms with Gasteiger partial charge in [-0.05, 0) is 24.3 Å². The Kier molecular flexibility index (Phi) is 5.92. The van der Waals surface area contributed by atoms with Crippen molar-refractivity contribution in [3.05, 3.63) is 84.1 Å². The number of benzene rings is 2. The van der Waals surface area contributed by atoms with E-state index in [0.717, 1.165) is 6.08 Å². The van der Waals surface area contributed by atoms with Gasteiger partial charge in [0.15, 0.2) is 5.78 Å². The number of ketones is 1. The average molecular weight is 308 g/mol. The molecular formula is C19H16O4. The molecule has 0 aliphatic heterocycles. The third-order valence-electron chi connectivity index (χ3n) is 2.97. The zero-order valence-electron chi connectivity index (χ0n) is 12.5. The van der Waals surface area contributed by atoms with E-state index in [-0.39, 0.29) is 19.0 Å². The lowest BCUT2D eigenvalue weighted by Gasteiger charge is -2.07. The van der Waals surface area contributed by atoms with E-state index in [4.69, 9.17) is 9.47 Å². The average Bonchev–Trinajstić information content (AvgIpc) is 2.60. The first-order chi connectivity index (χ1) is 11.2. The van der Waals surface area contributed by atoms with Crippen LogP contribution in [0.1, 0.15) is 15.9 Å². The Morgan fingerprint density at radius 2 is 1.61 bits per heavy atom. The highest BCUT2D eigenvalue weighted by molar-refractivity contribution is 6.08. The van der Waals surface area contributed by atoms with Crippen molar-refractivity contribution in [2.45, 2.75) is 0 Å². The predicted molar refractivity (Wildman–Crippen MR) is 86.5 cm³/mol. The minimum Gasteiger partial charge on any atom is -0.490 e. The van der Waals surface area contributed by atoms with Crippen LogP contribution in [0.4, 0.5) is 0 Å². The lowest BCUT2D eigenvalue weighted by molar-refractivity contribution is -0.138. The van der Waals surface area contributed by atoms with Crippen LogP contribution in [0.3, 0.4) is 0 Å². The van der Waals surface area contributed by atoms with E-state index >= 15 is 0 Å². The normalized spacial score (nSPS) is 9.57. The van der Waals surface area contributed by atoms with E-state index in [1.54, 1.807) is 36.4 Å². The number of carbonyl (C=O) groups excluding carboxylic acids is 2. The minimum absolute atomic E-state index is 0.0395. The summed E-state index contributed by atoms with van der Waals surface area (Å²) in [6, 6.07) is 15.9. The Labute approximate surface area is 134 Å². The van der Waals surface area contributed by atoms with Crippen LogP contribution in [-0.4, -0.2) is 25.0 Å². The van der Waals surface area contributed by atoms with Crippen molar-refractivity contribution >= 4 is 11.8 Å². The van der Waals surface area contributed by atoms with Crippen LogP contribution in [-0.2, 0) is 9.53 Å². The van der Waals surface area contributed by atoms with Gasteiger partial charge in [0.05, 0.1) is 6.08 Å². The molecule has 4 heteroatoms. The second-order valence-electron chi connectivity index (χ2n) is 4.58. The molecular weight excluding hydrogens is 292 g/mol. The topological polar surface area (TPSA) is 52.6 Å². The maximum atomic E-state index is 12.2. The molecule has 0 spiro atoms. The number of ether oxygens (including phenoxy) is 2. The van der Waals surface area contributed by atoms with Crippen LogP contribution in [0.25, 0.3) is 0 Å². The van der Waals surface area contributed by atoms with Gasteiger partial charge in [-0.3, -0.25) is 4.79 Å². The summed E-state index contributed by atoms with van der Waals surface area (Å²) in [5.74, 6) is 0.0552. The molecule has 4 nitrogen and oxygen atoms in total. The summed E-state index contributed by atoms with van der Waals surface area (Å²) >= 11 is 0. The summed E-state index contributed by atoms with van der Waals surface area (Å²) < 4.78 is 10.3. The summed E-state index contributed by atoms with van der Waals surface area (Å²) in [6.45, 7) is 3.63. The van der Waals surface area contributed by atoms with Crippen molar-refractivity contribution in [3.8, 4) is 5.75 Å². The van der Waals surface area contributed by atoms with Crippen LogP contribution < -0.4 is 4.74 Å². The van der Waals surface area contributed by atoms with Gasteiger partial charge in [0.25, 0.3) is 0 Å². The molecule has 0 aromatic heterocycles. The maximum Gasteiger partial charge on any atom is 0.338 e. The molecule has 0 saturated heterocycles. The molecule has 0 atom stereocenters. The van der Waals surface area contributed by atoms with Gasteiger partial charge < -0.3 is 9.47 Å². The quantitative estimate of drug-likeness (QED) is 0.259. The van der Waals surface area contributed by atoms with Gasteiger partial charge in [-0.25, -0.2) is 4.79 Å². The van der Waals surface area contributed by atoms with E-state index in [2.05, 4.69) is 12.3 Å². The van der Waals surface area contributed by atoms with E-state index in [1.165, 1.54) is 0 Å². The van der Waals surface area contributed by atoms with Crippen LogP contribution >= 0.6 is 0 Å². The molecule has 0 unspecified atom stereocenters. The van der Waals surface area contributed by atoms with Gasteiger partial charge in [-0.15, -0.1) is 5.73 Å². The molecule has 0 radical (unpaired) electrons. The zero-order chi connectivity index (χ0) is 16.5. The first kappa shape index (κ1) is 16.3. The molecule has 0 N–H and O–H groups in total. The summed E-state index contributed by atoms with van der Waals surface area (Å²) in [5.41, 5.74) is 3.57. The van der Waals surface area contributed by atoms with Gasteiger partial charge in [0.1, 0.15) is 19.0 Å². The Bertz CT molecular complexity index is 711. The monoisotopic (exact) mass is 308 g/mol. The first-order valence-corrected chi connectivity index (χ1v) is 7.06. The highest BCUT2D eigenvalue weighted by Crippen LogP contribution is 2.15. The molecule has 0 saturated carbocycles. The summed E-state index contributed by atoms with van der Waals surface area (Å²) in [6.07, 6.45) is 1.12. The maximum absolute atomic E-state index is 12.2. The van der Waals surface area contributed by atoms with Gasteiger partial charge in [-0.1, -0.05) is 36.9 Å². The Morgan fingerprint density at radius 1 is 0.957 bits per heavy atom. The second kappa shape index (κ2) is 8.37. The van der Waals surface area contributed by atoms with Crippen LogP contribution in [0.5, 0.6) is 5.75 Å². The fraction of sp³-hybridized carbons (Fsp3) is 0.105. The van der Waals surface area contributed by atoms with E-state index < -0.39 is 5.97 Å². The van der Waals surface area contributed by atoms with Crippen LogP contribution in [0, 0.1) is 0 Å². The van der Waals surface area contributed by atoms with E-state index in [0.29, 0.717) is 16.9 Å². The highest BCUT2D eigenvalue weighted by Gasteiger charge is 2.08.